The molecule has 0 heterocycles. The van der Waals surface area contributed by atoms with E-state index >= 15 is 0 Å². The molecule has 0 aromatic heterocycles. The monoisotopic (exact) mass is 380 g/mol. The van der Waals surface area contributed by atoms with E-state index < -0.39 is 0 Å². The fraction of sp³-hybridized carbons (Fsp3) is 0.125. The minimum Gasteiger partial charge on any atom is -0.352 e. The second kappa shape index (κ2) is 7.96. The molecule has 2 aromatic carbocycles. The molecule has 0 aliphatic rings. The first-order chi connectivity index (χ1) is 10.6. The number of hydrogen-bond donors (Lipinski definition) is 2. The molecular formula is C16H14BrClN2O2. The molecule has 0 saturated heterocycles. The van der Waals surface area contributed by atoms with E-state index in [2.05, 4.69) is 26.6 Å². The third-order valence-corrected chi connectivity index (χ3v) is 3.96. The summed E-state index contributed by atoms with van der Waals surface area (Å²) in [5.74, 6) is -0.729. The Morgan fingerprint density at radius 1 is 1.00 bits per heavy atom. The largest absolute Gasteiger partial charge is 0.352 e. The zero-order valence-electron chi connectivity index (χ0n) is 11.6. The number of carbonyl (C=O) groups is 2. The smallest absolute Gasteiger partial charge is 0.233 e. The summed E-state index contributed by atoms with van der Waals surface area (Å²) in [6, 6.07) is 14.4. The molecule has 0 aliphatic carbocycles. The Morgan fingerprint density at radius 3 is 2.41 bits per heavy atom. The van der Waals surface area contributed by atoms with Crippen molar-refractivity contribution in [3.05, 3.63) is 63.6 Å². The maximum Gasteiger partial charge on any atom is 0.233 e. The second-order valence-electron chi connectivity index (χ2n) is 4.57. The third kappa shape index (κ3) is 4.86. The average molecular weight is 382 g/mol. The highest BCUT2D eigenvalue weighted by Crippen LogP contribution is 2.21. The Kier molecular flexibility index (Phi) is 5.98. The summed E-state index contributed by atoms with van der Waals surface area (Å²) in [7, 11) is 0. The number of anilines is 1. The van der Waals surface area contributed by atoms with E-state index in [1.807, 2.05) is 30.3 Å². The highest BCUT2D eigenvalue weighted by molar-refractivity contribution is 9.10. The lowest BCUT2D eigenvalue weighted by atomic mass is 10.2. The van der Waals surface area contributed by atoms with Gasteiger partial charge in [-0.2, -0.15) is 0 Å². The van der Waals surface area contributed by atoms with Gasteiger partial charge in [0, 0.05) is 16.0 Å². The van der Waals surface area contributed by atoms with Crippen LogP contribution in [0.5, 0.6) is 0 Å². The van der Waals surface area contributed by atoms with Crippen LogP contribution < -0.4 is 10.6 Å². The van der Waals surface area contributed by atoms with Crippen molar-refractivity contribution in [3.63, 3.8) is 0 Å². The minimum atomic E-state index is -0.372. The number of nitrogens with one attached hydrogen (secondary N) is 2. The maximum absolute atomic E-state index is 11.8. The molecule has 2 rings (SSSR count). The lowest BCUT2D eigenvalue weighted by Gasteiger charge is -2.08. The average Bonchev–Trinajstić information content (AvgIpc) is 2.49. The highest BCUT2D eigenvalue weighted by Gasteiger charge is 2.11. The molecule has 0 bridgehead atoms. The molecule has 22 heavy (non-hydrogen) atoms. The molecular weight excluding hydrogens is 368 g/mol. The Balaban J connectivity index is 1.83. The summed E-state index contributed by atoms with van der Waals surface area (Å²) in [4.78, 5) is 23.6. The first-order valence-corrected chi connectivity index (χ1v) is 7.78. The summed E-state index contributed by atoms with van der Waals surface area (Å²) in [5, 5.41) is 5.94. The Hall–Kier alpha value is -1.85. The van der Waals surface area contributed by atoms with Crippen LogP contribution in [0, 0.1) is 0 Å². The minimum absolute atomic E-state index is 0.244. The van der Waals surface area contributed by atoms with Crippen LogP contribution in [0.3, 0.4) is 0 Å². The first kappa shape index (κ1) is 16.5. The van der Waals surface area contributed by atoms with Gasteiger partial charge in [0.25, 0.3) is 0 Å². The van der Waals surface area contributed by atoms with Gasteiger partial charge in [-0.25, -0.2) is 0 Å². The maximum atomic E-state index is 11.8. The van der Waals surface area contributed by atoms with Crippen LogP contribution >= 0.6 is 27.5 Å². The van der Waals surface area contributed by atoms with E-state index in [0.717, 1.165) is 10.0 Å². The van der Waals surface area contributed by atoms with Gasteiger partial charge in [-0.1, -0.05) is 41.9 Å². The summed E-state index contributed by atoms with van der Waals surface area (Å²) in [6.07, 6.45) is -0.244. The molecule has 2 aromatic rings. The fourth-order valence-electron chi connectivity index (χ4n) is 1.80. The van der Waals surface area contributed by atoms with E-state index in [0.29, 0.717) is 17.3 Å². The summed E-state index contributed by atoms with van der Waals surface area (Å²) >= 11 is 9.33. The van der Waals surface area contributed by atoms with E-state index in [1.165, 1.54) is 0 Å². The van der Waals surface area contributed by atoms with Gasteiger partial charge < -0.3 is 10.6 Å². The molecule has 0 aliphatic heterocycles. The van der Waals surface area contributed by atoms with Crippen molar-refractivity contribution in [2.45, 2.75) is 13.0 Å². The molecule has 0 atom stereocenters. The number of carbonyl (C=O) groups excluding carboxylic acids is 2. The van der Waals surface area contributed by atoms with Crippen molar-refractivity contribution in [1.82, 2.24) is 5.32 Å². The first-order valence-electron chi connectivity index (χ1n) is 6.61. The third-order valence-electron chi connectivity index (χ3n) is 2.90. The predicted octanol–water partition coefficient (Wildman–Crippen LogP) is 3.75. The highest BCUT2D eigenvalue weighted by atomic mass is 79.9. The summed E-state index contributed by atoms with van der Waals surface area (Å²) in [6.45, 7) is 0.292. The van der Waals surface area contributed by atoms with Crippen molar-refractivity contribution >= 4 is 45.0 Å². The van der Waals surface area contributed by atoms with Crippen LogP contribution in [0.25, 0.3) is 0 Å². The number of benzene rings is 2. The lowest BCUT2D eigenvalue weighted by Crippen LogP contribution is -2.27. The predicted molar refractivity (Wildman–Crippen MR) is 90.7 cm³/mol. The Bertz CT molecular complexity index is 691. The number of rotatable bonds is 5. The van der Waals surface area contributed by atoms with Crippen molar-refractivity contribution < 1.29 is 9.59 Å². The molecule has 0 spiro atoms. The van der Waals surface area contributed by atoms with E-state index in [-0.39, 0.29) is 18.2 Å². The molecule has 114 valence electrons. The van der Waals surface area contributed by atoms with E-state index in [1.54, 1.807) is 18.2 Å². The molecule has 0 radical (unpaired) electrons. The number of amides is 2. The SMILES string of the molecule is O=C(CC(=O)Nc1ccccc1Br)NCc1ccccc1Cl. The normalized spacial score (nSPS) is 10.1. The zero-order valence-corrected chi connectivity index (χ0v) is 13.9. The quantitative estimate of drug-likeness (QED) is 0.775. The van der Waals surface area contributed by atoms with Crippen LogP contribution in [0.15, 0.2) is 53.0 Å². The van der Waals surface area contributed by atoms with Crippen molar-refractivity contribution in [1.29, 1.82) is 0 Å². The van der Waals surface area contributed by atoms with Gasteiger partial charge in [0.05, 0.1) is 5.69 Å². The van der Waals surface area contributed by atoms with Crippen LogP contribution in [0.1, 0.15) is 12.0 Å². The molecule has 4 nitrogen and oxygen atoms in total. The molecule has 0 saturated carbocycles. The summed E-state index contributed by atoms with van der Waals surface area (Å²) in [5.41, 5.74) is 1.44. The van der Waals surface area contributed by atoms with E-state index in [9.17, 15) is 9.59 Å². The number of hydrogen-bond acceptors (Lipinski definition) is 2. The molecule has 0 unspecified atom stereocenters. The van der Waals surface area contributed by atoms with Crippen LogP contribution in [-0.4, -0.2) is 11.8 Å². The van der Waals surface area contributed by atoms with Gasteiger partial charge in [-0.15, -0.1) is 0 Å². The molecule has 2 N–H and O–H groups in total. The second-order valence-corrected chi connectivity index (χ2v) is 5.83. The van der Waals surface area contributed by atoms with Crippen LogP contribution in [0.4, 0.5) is 5.69 Å². The topological polar surface area (TPSA) is 58.2 Å². The van der Waals surface area contributed by atoms with Gasteiger partial charge in [-0.3, -0.25) is 9.59 Å². The molecule has 0 fully saturated rings. The standard InChI is InChI=1S/C16H14BrClN2O2/c17-12-6-2-4-8-14(12)20-16(22)9-15(21)19-10-11-5-1-3-7-13(11)18/h1-8H,9-10H2,(H,19,21)(H,20,22). The van der Waals surface area contributed by atoms with Gasteiger partial charge in [-0.05, 0) is 39.7 Å². The molecule has 2 amide bonds. The van der Waals surface area contributed by atoms with Gasteiger partial charge in [0.15, 0.2) is 0 Å². The van der Waals surface area contributed by atoms with Gasteiger partial charge in [0.1, 0.15) is 6.42 Å². The van der Waals surface area contributed by atoms with Crippen LogP contribution in [0.2, 0.25) is 5.02 Å². The lowest BCUT2D eigenvalue weighted by molar-refractivity contribution is -0.126. The van der Waals surface area contributed by atoms with Crippen molar-refractivity contribution in [2.75, 3.05) is 5.32 Å². The fourth-order valence-corrected chi connectivity index (χ4v) is 2.39. The number of halogens is 2. The zero-order chi connectivity index (χ0) is 15.9. The van der Waals surface area contributed by atoms with Crippen molar-refractivity contribution in [2.24, 2.45) is 0 Å². The van der Waals surface area contributed by atoms with E-state index in [4.69, 9.17) is 11.6 Å². The van der Waals surface area contributed by atoms with Crippen LogP contribution in [-0.2, 0) is 16.1 Å². The summed E-state index contributed by atoms with van der Waals surface area (Å²) < 4.78 is 0.764. The van der Waals surface area contributed by atoms with Crippen molar-refractivity contribution in [3.8, 4) is 0 Å². The molecule has 6 heteroatoms. The number of para-hydroxylation sites is 1. The van der Waals surface area contributed by atoms with Gasteiger partial charge in [0.2, 0.25) is 11.8 Å². The Morgan fingerprint density at radius 2 is 1.68 bits per heavy atom. The Labute approximate surface area is 142 Å². The van der Waals surface area contributed by atoms with Gasteiger partial charge >= 0.3 is 0 Å².